The maximum atomic E-state index is 12.8. The van der Waals surface area contributed by atoms with Gasteiger partial charge in [0.2, 0.25) is 0 Å². The minimum absolute atomic E-state index is 0.218. The van der Waals surface area contributed by atoms with E-state index in [1.165, 1.54) is 11.3 Å². The summed E-state index contributed by atoms with van der Waals surface area (Å²) in [6.45, 7) is 3.46. The zero-order valence-electron chi connectivity index (χ0n) is 20.7. The first-order valence-electron chi connectivity index (χ1n) is 11.8. The van der Waals surface area contributed by atoms with Gasteiger partial charge >= 0.3 is 12.1 Å². The molecule has 0 atom stereocenters. The largest absolute Gasteiger partial charge is 0.490 e. The summed E-state index contributed by atoms with van der Waals surface area (Å²) in [5.74, 6) is -2.87. The van der Waals surface area contributed by atoms with E-state index in [-0.39, 0.29) is 11.8 Å². The number of fused-ring (bicyclic) bond motifs is 1. The van der Waals surface area contributed by atoms with E-state index in [0.717, 1.165) is 29.3 Å². The number of hydrogen-bond acceptors (Lipinski definition) is 8. The number of nitrogens with zero attached hydrogens (tertiary/aromatic N) is 3. The molecule has 0 bridgehead atoms. The minimum atomic E-state index is -5.08. The second-order valence-electron chi connectivity index (χ2n) is 8.34. The molecule has 5 rings (SSSR count). The summed E-state index contributed by atoms with van der Waals surface area (Å²) in [5, 5.41) is 23.3. The van der Waals surface area contributed by atoms with E-state index in [1.807, 2.05) is 17.5 Å². The zero-order chi connectivity index (χ0) is 28.7. The van der Waals surface area contributed by atoms with Gasteiger partial charge in [-0.3, -0.25) is 14.7 Å². The van der Waals surface area contributed by atoms with Gasteiger partial charge in [0.1, 0.15) is 5.01 Å². The number of H-pyrrole nitrogens is 1. The number of benzene rings is 2. The van der Waals surface area contributed by atoms with Crippen molar-refractivity contribution in [2.75, 3.05) is 36.5 Å². The summed E-state index contributed by atoms with van der Waals surface area (Å²) in [4.78, 5) is 40.7. The number of carboxylic acids is 1. The molecule has 1 aliphatic rings. The quantitative estimate of drug-likeness (QED) is 0.272. The van der Waals surface area contributed by atoms with Crippen LogP contribution in [-0.4, -0.2) is 70.6 Å². The van der Waals surface area contributed by atoms with Gasteiger partial charge in [-0.2, -0.15) is 18.3 Å². The number of hydrogen-bond donors (Lipinski definition) is 4. The lowest BCUT2D eigenvalue weighted by Gasteiger charge is -2.28. The number of thiazole rings is 1. The lowest BCUT2D eigenvalue weighted by Crippen LogP contribution is -2.36. The molecule has 11 nitrogen and oxygen atoms in total. The van der Waals surface area contributed by atoms with Crippen LogP contribution in [0.3, 0.4) is 0 Å². The lowest BCUT2D eigenvalue weighted by molar-refractivity contribution is -0.192. The number of halogens is 3. The molecule has 3 heterocycles. The van der Waals surface area contributed by atoms with E-state index >= 15 is 0 Å². The molecule has 0 aliphatic carbocycles. The number of ether oxygens (including phenoxy) is 1. The highest BCUT2D eigenvalue weighted by atomic mass is 32.1. The van der Waals surface area contributed by atoms with E-state index in [1.54, 1.807) is 36.5 Å². The summed E-state index contributed by atoms with van der Waals surface area (Å²) in [6, 6.07) is 12.7. The van der Waals surface area contributed by atoms with Crippen LogP contribution >= 0.6 is 11.3 Å². The number of aromatic amines is 1. The number of aliphatic carboxylic acids is 1. The van der Waals surface area contributed by atoms with Crippen LogP contribution in [0.4, 0.5) is 24.7 Å². The molecule has 0 saturated carbocycles. The highest BCUT2D eigenvalue weighted by Crippen LogP contribution is 2.23. The second-order valence-corrected chi connectivity index (χ2v) is 9.32. The third-order valence-corrected chi connectivity index (χ3v) is 6.47. The summed E-state index contributed by atoms with van der Waals surface area (Å²) >= 11 is 1.48. The van der Waals surface area contributed by atoms with E-state index in [4.69, 9.17) is 14.6 Å². The molecule has 0 radical (unpaired) electrons. The van der Waals surface area contributed by atoms with Gasteiger partial charge in [0.05, 0.1) is 25.3 Å². The number of alkyl halides is 3. The molecule has 2 amide bonds. The van der Waals surface area contributed by atoms with Crippen LogP contribution < -0.4 is 15.5 Å². The molecule has 1 aliphatic heterocycles. The van der Waals surface area contributed by atoms with Gasteiger partial charge in [0.15, 0.2) is 5.82 Å². The van der Waals surface area contributed by atoms with Gasteiger partial charge in [0, 0.05) is 46.9 Å². The fraction of sp³-hybridized carbons (Fsp3) is 0.240. The van der Waals surface area contributed by atoms with E-state index < -0.39 is 12.1 Å². The SMILES string of the molecule is O=C(NCc1nccs1)c1ccc2[nH]nc(NC(=O)c3ccc(N4CCOCC4)cc3)c2c1.O=C(O)C(F)(F)F. The van der Waals surface area contributed by atoms with Crippen LogP contribution in [-0.2, 0) is 16.1 Å². The van der Waals surface area contributed by atoms with Crippen LogP contribution in [0.2, 0.25) is 0 Å². The Labute approximate surface area is 229 Å². The molecule has 4 N–H and O–H groups in total. The average molecular weight is 577 g/mol. The Bertz CT molecular complexity index is 1470. The predicted molar refractivity (Wildman–Crippen MR) is 140 cm³/mol. The summed E-state index contributed by atoms with van der Waals surface area (Å²) < 4.78 is 37.1. The third kappa shape index (κ3) is 7.33. The van der Waals surface area contributed by atoms with Crippen molar-refractivity contribution in [2.45, 2.75) is 12.7 Å². The molecule has 40 heavy (non-hydrogen) atoms. The van der Waals surface area contributed by atoms with Crippen LogP contribution in [0.5, 0.6) is 0 Å². The van der Waals surface area contributed by atoms with Crippen molar-refractivity contribution in [1.29, 1.82) is 0 Å². The van der Waals surface area contributed by atoms with E-state index in [2.05, 4.69) is 30.7 Å². The number of carboxylic acid groups (broad SMARTS) is 1. The van der Waals surface area contributed by atoms with Crippen LogP contribution in [0.25, 0.3) is 10.9 Å². The number of aromatic nitrogens is 3. The molecule has 15 heteroatoms. The topological polar surface area (TPSA) is 150 Å². The van der Waals surface area contributed by atoms with Crippen molar-refractivity contribution < 1.29 is 37.4 Å². The van der Waals surface area contributed by atoms with Crippen molar-refractivity contribution in [2.24, 2.45) is 0 Å². The molecular formula is C25H23F3N6O5S. The molecule has 0 spiro atoms. The molecule has 0 unspecified atom stereocenters. The van der Waals surface area contributed by atoms with Crippen molar-refractivity contribution in [3.8, 4) is 0 Å². The Morgan fingerprint density at radius 3 is 2.35 bits per heavy atom. The van der Waals surface area contributed by atoms with E-state index in [0.29, 0.717) is 42.1 Å². The van der Waals surface area contributed by atoms with Crippen molar-refractivity contribution >= 4 is 51.5 Å². The molecular weight excluding hydrogens is 553 g/mol. The Morgan fingerprint density at radius 2 is 1.73 bits per heavy atom. The number of anilines is 2. The van der Waals surface area contributed by atoms with Crippen molar-refractivity contribution in [3.05, 3.63) is 70.2 Å². The Hall–Kier alpha value is -4.50. The van der Waals surface area contributed by atoms with Crippen molar-refractivity contribution in [3.63, 3.8) is 0 Å². The van der Waals surface area contributed by atoms with Gasteiger partial charge in [0.25, 0.3) is 11.8 Å². The van der Waals surface area contributed by atoms with Crippen molar-refractivity contribution in [1.82, 2.24) is 20.5 Å². The molecule has 2 aromatic heterocycles. The monoisotopic (exact) mass is 576 g/mol. The van der Waals surface area contributed by atoms with Gasteiger partial charge in [-0.25, -0.2) is 9.78 Å². The van der Waals surface area contributed by atoms with Crippen LogP contribution in [0.15, 0.2) is 54.0 Å². The van der Waals surface area contributed by atoms with Gasteiger partial charge < -0.3 is 25.4 Å². The number of carbonyl (C=O) groups is 3. The average Bonchev–Trinajstić information content (AvgIpc) is 3.62. The number of morpholine rings is 1. The van der Waals surface area contributed by atoms with Gasteiger partial charge in [-0.15, -0.1) is 11.3 Å². The van der Waals surface area contributed by atoms with E-state index in [9.17, 15) is 22.8 Å². The highest BCUT2D eigenvalue weighted by Gasteiger charge is 2.38. The second kappa shape index (κ2) is 12.6. The van der Waals surface area contributed by atoms with Crippen LogP contribution in [0, 0.1) is 0 Å². The Kier molecular flexibility index (Phi) is 8.96. The third-order valence-electron chi connectivity index (χ3n) is 5.69. The maximum Gasteiger partial charge on any atom is 0.490 e. The number of amides is 2. The van der Waals surface area contributed by atoms with Gasteiger partial charge in [-0.05, 0) is 42.5 Å². The fourth-order valence-corrected chi connectivity index (χ4v) is 4.23. The Morgan fingerprint density at radius 1 is 1.05 bits per heavy atom. The minimum Gasteiger partial charge on any atom is -0.475 e. The number of nitrogens with one attached hydrogen (secondary N) is 3. The molecule has 210 valence electrons. The first kappa shape index (κ1) is 28.5. The lowest BCUT2D eigenvalue weighted by atomic mass is 10.1. The maximum absolute atomic E-state index is 12.8. The summed E-state index contributed by atoms with van der Waals surface area (Å²) in [7, 11) is 0. The zero-order valence-corrected chi connectivity index (χ0v) is 21.5. The Balaban J connectivity index is 0.000000470. The fourth-order valence-electron chi connectivity index (χ4n) is 3.67. The molecule has 1 fully saturated rings. The molecule has 2 aromatic carbocycles. The van der Waals surface area contributed by atoms with Crippen LogP contribution in [0.1, 0.15) is 25.7 Å². The normalized spacial score (nSPS) is 13.3. The predicted octanol–water partition coefficient (Wildman–Crippen LogP) is 3.67. The highest BCUT2D eigenvalue weighted by molar-refractivity contribution is 7.09. The molecule has 4 aromatic rings. The first-order valence-corrected chi connectivity index (χ1v) is 12.7. The van der Waals surface area contributed by atoms with Gasteiger partial charge in [-0.1, -0.05) is 0 Å². The molecule has 1 saturated heterocycles. The smallest absolute Gasteiger partial charge is 0.475 e. The standard InChI is InChI=1S/C23H22N6O3S.C2HF3O2/c30-22(25-14-20-24-7-12-33-20)16-3-6-19-18(13-16)21(28-27-19)26-23(31)15-1-4-17(5-2-15)29-8-10-32-11-9-29;3-2(4,5)1(6)7/h1-7,12-13H,8-11,14H2,(H,25,30)(H2,26,27,28,31);(H,6,7). The number of carbonyl (C=O) groups excluding carboxylic acids is 2. The summed E-state index contributed by atoms with van der Waals surface area (Å²) in [5.41, 5.74) is 2.80. The first-order chi connectivity index (χ1) is 19.1. The number of rotatable bonds is 6. The summed E-state index contributed by atoms with van der Waals surface area (Å²) in [6.07, 6.45) is -3.38.